The lowest BCUT2D eigenvalue weighted by Gasteiger charge is -2.31. The van der Waals surface area contributed by atoms with Gasteiger partial charge < -0.3 is 4.90 Å². The molecule has 15 heavy (non-hydrogen) atoms. The van der Waals surface area contributed by atoms with Crippen LogP contribution in [0.5, 0.6) is 0 Å². The Balaban J connectivity index is 1.89. The van der Waals surface area contributed by atoms with Gasteiger partial charge in [-0.1, -0.05) is 6.92 Å². The molecule has 0 spiro atoms. The summed E-state index contributed by atoms with van der Waals surface area (Å²) in [6.45, 7) is 6.03. The lowest BCUT2D eigenvalue weighted by atomic mass is 9.92. The van der Waals surface area contributed by atoms with Crippen LogP contribution in [0.4, 0.5) is 0 Å². The van der Waals surface area contributed by atoms with Crippen LogP contribution in [0.2, 0.25) is 0 Å². The highest BCUT2D eigenvalue weighted by molar-refractivity contribution is 5.10. The van der Waals surface area contributed by atoms with E-state index >= 15 is 0 Å². The van der Waals surface area contributed by atoms with E-state index in [0.29, 0.717) is 0 Å². The SMILES string of the molecule is CCN1CCCC(Cc2ccncc2)C1. The van der Waals surface area contributed by atoms with Gasteiger partial charge in [0.2, 0.25) is 0 Å². The van der Waals surface area contributed by atoms with Crippen molar-refractivity contribution in [3.8, 4) is 0 Å². The van der Waals surface area contributed by atoms with Crippen LogP contribution < -0.4 is 0 Å². The molecule has 1 aromatic rings. The van der Waals surface area contributed by atoms with Crippen molar-refractivity contribution in [2.75, 3.05) is 19.6 Å². The van der Waals surface area contributed by atoms with Crippen LogP contribution in [-0.2, 0) is 6.42 Å². The van der Waals surface area contributed by atoms with Crippen LogP contribution in [0.25, 0.3) is 0 Å². The second-order valence-electron chi connectivity index (χ2n) is 4.46. The van der Waals surface area contributed by atoms with Crippen molar-refractivity contribution in [1.82, 2.24) is 9.88 Å². The first-order valence-corrected chi connectivity index (χ1v) is 5.99. The van der Waals surface area contributed by atoms with Gasteiger partial charge in [-0.15, -0.1) is 0 Å². The van der Waals surface area contributed by atoms with Crippen molar-refractivity contribution in [2.45, 2.75) is 26.2 Å². The molecular weight excluding hydrogens is 184 g/mol. The molecule has 0 radical (unpaired) electrons. The van der Waals surface area contributed by atoms with Gasteiger partial charge in [-0.25, -0.2) is 0 Å². The molecule has 0 saturated carbocycles. The van der Waals surface area contributed by atoms with Crippen LogP contribution in [0.3, 0.4) is 0 Å². The Labute approximate surface area is 92.3 Å². The first-order chi connectivity index (χ1) is 7.38. The zero-order valence-corrected chi connectivity index (χ0v) is 9.52. The number of rotatable bonds is 3. The molecule has 0 N–H and O–H groups in total. The van der Waals surface area contributed by atoms with Gasteiger partial charge >= 0.3 is 0 Å². The highest BCUT2D eigenvalue weighted by atomic mass is 15.1. The summed E-state index contributed by atoms with van der Waals surface area (Å²) in [5, 5.41) is 0. The third-order valence-corrected chi connectivity index (χ3v) is 3.32. The zero-order chi connectivity index (χ0) is 10.5. The molecule has 1 aromatic heterocycles. The van der Waals surface area contributed by atoms with Crippen molar-refractivity contribution in [3.63, 3.8) is 0 Å². The Bertz CT molecular complexity index is 284. The first kappa shape index (κ1) is 10.6. The van der Waals surface area contributed by atoms with Gasteiger partial charge in [0.1, 0.15) is 0 Å². The summed E-state index contributed by atoms with van der Waals surface area (Å²) in [6.07, 6.45) is 7.77. The van der Waals surface area contributed by atoms with E-state index in [9.17, 15) is 0 Å². The summed E-state index contributed by atoms with van der Waals surface area (Å²) < 4.78 is 0. The molecule has 2 heteroatoms. The van der Waals surface area contributed by atoms with Gasteiger partial charge in [0, 0.05) is 18.9 Å². The maximum atomic E-state index is 4.06. The van der Waals surface area contributed by atoms with Crippen molar-refractivity contribution in [3.05, 3.63) is 30.1 Å². The van der Waals surface area contributed by atoms with Crippen molar-refractivity contribution in [2.24, 2.45) is 5.92 Å². The number of aromatic nitrogens is 1. The number of nitrogens with zero attached hydrogens (tertiary/aromatic N) is 2. The monoisotopic (exact) mass is 204 g/mol. The molecule has 82 valence electrons. The topological polar surface area (TPSA) is 16.1 Å². The summed E-state index contributed by atoms with van der Waals surface area (Å²) in [7, 11) is 0. The summed E-state index contributed by atoms with van der Waals surface area (Å²) in [5.74, 6) is 0.848. The minimum atomic E-state index is 0.848. The highest BCUT2D eigenvalue weighted by Crippen LogP contribution is 2.20. The molecule has 0 aliphatic carbocycles. The van der Waals surface area contributed by atoms with E-state index in [4.69, 9.17) is 0 Å². The standard InChI is InChI=1S/C13H20N2/c1-2-15-9-3-4-13(11-15)10-12-5-7-14-8-6-12/h5-8,13H,2-4,9-11H2,1H3. The Hall–Kier alpha value is -0.890. The summed E-state index contributed by atoms with van der Waals surface area (Å²) in [5.41, 5.74) is 1.44. The third kappa shape index (κ3) is 3.03. The van der Waals surface area contributed by atoms with Crippen LogP contribution >= 0.6 is 0 Å². The molecule has 2 nitrogen and oxygen atoms in total. The van der Waals surface area contributed by atoms with Gasteiger partial charge in [0.25, 0.3) is 0 Å². The van der Waals surface area contributed by atoms with E-state index in [1.54, 1.807) is 0 Å². The van der Waals surface area contributed by atoms with E-state index in [0.717, 1.165) is 5.92 Å². The highest BCUT2D eigenvalue weighted by Gasteiger charge is 2.18. The fourth-order valence-electron chi connectivity index (χ4n) is 2.46. The van der Waals surface area contributed by atoms with Crippen LogP contribution in [-0.4, -0.2) is 29.5 Å². The molecule has 0 aromatic carbocycles. The molecule has 0 amide bonds. The number of pyridine rings is 1. The van der Waals surface area contributed by atoms with Crippen LogP contribution in [0, 0.1) is 5.92 Å². The number of likely N-dealkylation sites (tertiary alicyclic amines) is 1. The average Bonchev–Trinajstić information content (AvgIpc) is 2.31. The van der Waals surface area contributed by atoms with E-state index in [1.807, 2.05) is 12.4 Å². The minimum Gasteiger partial charge on any atom is -0.303 e. The maximum Gasteiger partial charge on any atom is 0.0270 e. The molecule has 1 aliphatic heterocycles. The number of piperidine rings is 1. The molecule has 1 aliphatic rings. The van der Waals surface area contributed by atoms with Crippen molar-refractivity contribution >= 4 is 0 Å². The van der Waals surface area contributed by atoms with E-state index in [2.05, 4.69) is 28.9 Å². The van der Waals surface area contributed by atoms with E-state index in [1.165, 1.54) is 44.5 Å². The molecule has 2 heterocycles. The van der Waals surface area contributed by atoms with Gasteiger partial charge in [-0.2, -0.15) is 0 Å². The quantitative estimate of drug-likeness (QED) is 0.751. The average molecular weight is 204 g/mol. The predicted octanol–water partition coefficient (Wildman–Crippen LogP) is 2.36. The van der Waals surface area contributed by atoms with Crippen LogP contribution in [0.1, 0.15) is 25.3 Å². The number of hydrogen-bond acceptors (Lipinski definition) is 2. The third-order valence-electron chi connectivity index (χ3n) is 3.32. The fourth-order valence-corrected chi connectivity index (χ4v) is 2.46. The molecule has 1 saturated heterocycles. The van der Waals surface area contributed by atoms with E-state index < -0.39 is 0 Å². The smallest absolute Gasteiger partial charge is 0.0270 e. The van der Waals surface area contributed by atoms with Gasteiger partial charge in [-0.05, 0) is 56.0 Å². The summed E-state index contributed by atoms with van der Waals surface area (Å²) >= 11 is 0. The van der Waals surface area contributed by atoms with E-state index in [-0.39, 0.29) is 0 Å². The molecule has 0 bridgehead atoms. The molecule has 2 rings (SSSR count). The lowest BCUT2D eigenvalue weighted by Crippen LogP contribution is -2.35. The second-order valence-corrected chi connectivity index (χ2v) is 4.46. The Kier molecular flexibility index (Phi) is 3.73. The minimum absolute atomic E-state index is 0.848. The lowest BCUT2D eigenvalue weighted by molar-refractivity contribution is 0.182. The molecule has 1 unspecified atom stereocenters. The Morgan fingerprint density at radius 1 is 1.40 bits per heavy atom. The normalized spacial score (nSPS) is 22.9. The largest absolute Gasteiger partial charge is 0.303 e. The molecular formula is C13H20N2. The predicted molar refractivity (Wildman–Crippen MR) is 62.8 cm³/mol. The molecule has 1 atom stereocenters. The molecule has 1 fully saturated rings. The maximum absolute atomic E-state index is 4.06. The van der Waals surface area contributed by atoms with Crippen LogP contribution in [0.15, 0.2) is 24.5 Å². The van der Waals surface area contributed by atoms with Gasteiger partial charge in [0.05, 0.1) is 0 Å². The Morgan fingerprint density at radius 2 is 2.20 bits per heavy atom. The van der Waals surface area contributed by atoms with Gasteiger partial charge in [0.15, 0.2) is 0 Å². The summed E-state index contributed by atoms with van der Waals surface area (Å²) in [6, 6.07) is 4.29. The van der Waals surface area contributed by atoms with Crippen molar-refractivity contribution < 1.29 is 0 Å². The number of hydrogen-bond donors (Lipinski definition) is 0. The van der Waals surface area contributed by atoms with Gasteiger partial charge in [-0.3, -0.25) is 4.98 Å². The second kappa shape index (κ2) is 5.26. The first-order valence-electron chi connectivity index (χ1n) is 5.99. The summed E-state index contributed by atoms with van der Waals surface area (Å²) in [4.78, 5) is 6.62. The zero-order valence-electron chi connectivity index (χ0n) is 9.52. The Morgan fingerprint density at radius 3 is 2.93 bits per heavy atom. The van der Waals surface area contributed by atoms with Crippen molar-refractivity contribution in [1.29, 1.82) is 0 Å². The fraction of sp³-hybridized carbons (Fsp3) is 0.615.